The predicted molar refractivity (Wildman–Crippen MR) is 213 cm³/mol. The zero-order valence-electron chi connectivity index (χ0n) is 34.8. The van der Waals surface area contributed by atoms with Crippen molar-refractivity contribution in [3.63, 3.8) is 0 Å². The number of hydrogen-bond donors (Lipinski definition) is 5. The van der Waals surface area contributed by atoms with E-state index in [0.29, 0.717) is 12.1 Å². The second-order valence-corrected chi connectivity index (χ2v) is 16.1. The molecule has 0 radical (unpaired) electrons. The van der Waals surface area contributed by atoms with E-state index in [2.05, 4.69) is 10.6 Å². The summed E-state index contributed by atoms with van der Waals surface area (Å²) in [5.41, 5.74) is -5.37. The number of aromatic hydroxyl groups is 1. The number of hydrogen-bond acceptors (Lipinski definition) is 12. The van der Waals surface area contributed by atoms with Crippen molar-refractivity contribution in [1.29, 1.82) is 0 Å². The fraction of sp³-hybridized carbons (Fsp3) is 0.366. The number of aromatic nitrogens is 2. The molecule has 2 unspecified atom stereocenters. The number of nitrogens with one attached hydrogen (secondary N) is 2. The van der Waals surface area contributed by atoms with Crippen LogP contribution in [0.2, 0.25) is 0 Å². The van der Waals surface area contributed by atoms with Crippen molar-refractivity contribution in [1.82, 2.24) is 29.8 Å². The van der Waals surface area contributed by atoms with Gasteiger partial charge in [0.25, 0.3) is 23.6 Å². The number of aliphatic hydroxyl groups excluding tert-OH is 2. The van der Waals surface area contributed by atoms with Crippen molar-refractivity contribution in [2.24, 2.45) is 0 Å². The number of carbonyl (C=O) groups excluding carboxylic acids is 4. The van der Waals surface area contributed by atoms with E-state index < -0.39 is 98.2 Å². The van der Waals surface area contributed by atoms with Crippen LogP contribution in [0.3, 0.4) is 0 Å². The molecule has 0 bridgehead atoms. The number of rotatable bonds is 7. The van der Waals surface area contributed by atoms with E-state index in [1.54, 1.807) is 44.8 Å². The van der Waals surface area contributed by atoms with Gasteiger partial charge >= 0.3 is 0 Å². The van der Waals surface area contributed by atoms with Crippen LogP contribution in [0.15, 0.2) is 46.0 Å². The molecule has 0 saturated carbocycles. The number of ether oxygens (including phenoxy) is 1. The maximum Gasteiger partial charge on any atom is 0.278 e. The van der Waals surface area contributed by atoms with E-state index in [4.69, 9.17) is 4.74 Å². The lowest BCUT2D eigenvalue weighted by Gasteiger charge is -2.49. The number of benzene rings is 2. The fourth-order valence-corrected chi connectivity index (χ4v) is 8.07. The highest BCUT2D eigenvalue weighted by molar-refractivity contribution is 6.02. The number of halogens is 4. The second-order valence-electron chi connectivity index (χ2n) is 16.1. The summed E-state index contributed by atoms with van der Waals surface area (Å²) in [4.78, 5) is 80.5. The van der Waals surface area contributed by atoms with Gasteiger partial charge in [-0.05, 0) is 39.8 Å². The normalized spacial score (nSPS) is 18.7. The smallest absolute Gasteiger partial charge is 0.278 e. The SMILES string of the molecule is CN1C(=O)c2c(O)c(=O)c(C(=O)NCc3ccc(F)cc3F)c3n2N(CC3O)C1(C)C.COc1c2n3c(c(C(=O)NCc4ccc(F)cc4F)c1=O)C(O)CN3C(C)(C)N(C)C2=O. The van der Waals surface area contributed by atoms with E-state index in [-0.39, 0.29) is 65.8 Å². The molecule has 2 aromatic heterocycles. The Bertz CT molecular complexity index is 2770. The Morgan fingerprint density at radius 3 is 1.51 bits per heavy atom. The predicted octanol–water partition coefficient (Wildman–Crippen LogP) is 1.44. The van der Waals surface area contributed by atoms with Crippen LogP contribution in [0.25, 0.3) is 0 Å². The largest absolute Gasteiger partial charge is 0.502 e. The fourth-order valence-electron chi connectivity index (χ4n) is 8.07. The van der Waals surface area contributed by atoms with E-state index >= 15 is 0 Å². The highest BCUT2D eigenvalue weighted by atomic mass is 19.1. The number of nitrogens with zero attached hydrogens (tertiary/aromatic N) is 6. The van der Waals surface area contributed by atoms with Crippen LogP contribution in [0.4, 0.5) is 17.6 Å². The maximum absolute atomic E-state index is 13.9. The van der Waals surface area contributed by atoms with Crippen LogP contribution in [0.5, 0.6) is 11.5 Å². The van der Waals surface area contributed by atoms with Gasteiger partial charge in [-0.25, -0.2) is 26.9 Å². The van der Waals surface area contributed by atoms with Gasteiger partial charge in [-0.2, -0.15) is 0 Å². The summed E-state index contributed by atoms with van der Waals surface area (Å²) in [5.74, 6) is -7.53. The van der Waals surface area contributed by atoms with Gasteiger partial charge in [-0.3, -0.25) is 38.8 Å². The van der Waals surface area contributed by atoms with Gasteiger partial charge in [0.1, 0.15) is 57.9 Å². The summed E-state index contributed by atoms with van der Waals surface area (Å²) in [5, 5.41) is 39.9. The van der Waals surface area contributed by atoms with E-state index in [1.807, 2.05) is 0 Å². The van der Waals surface area contributed by atoms with Crippen LogP contribution in [0.1, 0.15) is 104 Å². The third kappa shape index (κ3) is 6.79. The molecule has 2 aromatic carbocycles. The Morgan fingerprint density at radius 2 is 1.10 bits per heavy atom. The Balaban J connectivity index is 0.000000189. The molecule has 0 fully saturated rings. The van der Waals surface area contributed by atoms with E-state index in [1.165, 1.54) is 39.4 Å². The minimum absolute atomic E-state index is 0.0151. The molecule has 63 heavy (non-hydrogen) atoms. The molecule has 6 heterocycles. The van der Waals surface area contributed by atoms with Crippen LogP contribution in [-0.4, -0.2) is 104 Å². The molecule has 0 saturated heterocycles. The Kier molecular flexibility index (Phi) is 10.8. The third-order valence-electron chi connectivity index (χ3n) is 12.0. The molecule has 0 spiro atoms. The number of carbonyl (C=O) groups is 4. The van der Waals surface area contributed by atoms with Crippen molar-refractivity contribution in [3.8, 4) is 11.5 Å². The molecular weight excluding hydrogens is 840 g/mol. The number of aliphatic hydroxyl groups is 2. The zero-order chi connectivity index (χ0) is 46.4. The monoisotopic (exact) mass is 882 g/mol. The first-order valence-electron chi connectivity index (χ1n) is 19.3. The molecule has 5 N–H and O–H groups in total. The minimum atomic E-state index is -1.30. The summed E-state index contributed by atoms with van der Waals surface area (Å²) >= 11 is 0. The van der Waals surface area contributed by atoms with Crippen molar-refractivity contribution >= 4 is 23.6 Å². The summed E-state index contributed by atoms with van der Waals surface area (Å²) < 4.78 is 61.8. The Hall–Kier alpha value is -6.94. The highest BCUT2D eigenvalue weighted by Gasteiger charge is 2.52. The molecule has 4 aromatic rings. The van der Waals surface area contributed by atoms with Gasteiger partial charge in [0.15, 0.2) is 22.9 Å². The Labute approximate surface area is 355 Å². The topological polar surface area (TPSA) is 219 Å². The standard InChI is InChI=1S/C21H22F2N4O5.C20H20F2N4O5/c1-21(2)25(3)20(31)16-18(32-4)17(29)14(15-13(28)9-26(21)27(15)16)19(30)24-8-10-5-6-11(22)7-12(10)23;1-20(2)24(3)19(31)15-17(29)16(28)13(14-12(27)8-25(20)26(14)15)18(30)23-7-9-4-5-10(21)6-11(9)22/h5-7,13,28H,8-9H2,1-4H3,(H,24,30);4-6,12,27,29H,7-8H2,1-3H3,(H,23,30). The first-order chi connectivity index (χ1) is 29.5. The first kappa shape index (κ1) is 44.1. The maximum atomic E-state index is 13.9. The molecule has 8 rings (SSSR count). The highest BCUT2D eigenvalue weighted by Crippen LogP contribution is 2.40. The lowest BCUT2D eigenvalue weighted by atomic mass is 10.1. The van der Waals surface area contributed by atoms with Crippen molar-refractivity contribution in [2.45, 2.75) is 64.3 Å². The molecule has 2 atom stereocenters. The molecule has 0 aliphatic carbocycles. The average Bonchev–Trinajstić information content (AvgIpc) is 3.75. The van der Waals surface area contributed by atoms with Crippen LogP contribution >= 0.6 is 0 Å². The molecule has 18 nitrogen and oxygen atoms in total. The van der Waals surface area contributed by atoms with Gasteiger partial charge in [-0.15, -0.1) is 0 Å². The summed E-state index contributed by atoms with van der Waals surface area (Å²) in [6.45, 7) is 6.25. The van der Waals surface area contributed by atoms with Crippen molar-refractivity contribution in [2.75, 3.05) is 44.3 Å². The lowest BCUT2D eigenvalue weighted by molar-refractivity contribution is 0.0468. The second kappa shape index (κ2) is 15.4. The van der Waals surface area contributed by atoms with E-state index in [0.717, 1.165) is 18.2 Å². The molecule has 334 valence electrons. The molecule has 4 aliphatic rings. The van der Waals surface area contributed by atoms with Gasteiger partial charge in [0, 0.05) is 50.4 Å². The molecule has 4 aliphatic heterocycles. The summed E-state index contributed by atoms with van der Waals surface area (Å²) in [6, 6.07) is 5.74. The van der Waals surface area contributed by atoms with Crippen molar-refractivity contribution < 1.29 is 56.8 Å². The number of amides is 4. The van der Waals surface area contributed by atoms with Crippen LogP contribution in [0, 0.1) is 23.3 Å². The molecule has 4 amide bonds. The quantitative estimate of drug-likeness (QED) is 0.167. The van der Waals surface area contributed by atoms with Crippen LogP contribution < -0.4 is 36.2 Å². The van der Waals surface area contributed by atoms with Gasteiger partial charge < -0.3 is 40.5 Å². The molecular formula is C41H42F4N8O10. The number of methoxy groups -OCH3 is 1. The van der Waals surface area contributed by atoms with Gasteiger partial charge in [-0.1, -0.05) is 12.1 Å². The zero-order valence-corrected chi connectivity index (χ0v) is 34.8. The van der Waals surface area contributed by atoms with Gasteiger partial charge in [0.05, 0.1) is 31.6 Å². The summed E-state index contributed by atoms with van der Waals surface area (Å²) in [7, 11) is 4.27. The first-order valence-corrected chi connectivity index (χ1v) is 19.3. The third-order valence-corrected chi connectivity index (χ3v) is 12.0. The summed E-state index contributed by atoms with van der Waals surface area (Å²) in [6.07, 6.45) is -2.54. The Morgan fingerprint density at radius 1 is 0.698 bits per heavy atom. The number of pyridine rings is 2. The van der Waals surface area contributed by atoms with E-state index in [9.17, 15) is 61.6 Å². The average molecular weight is 883 g/mol. The lowest BCUT2D eigenvalue weighted by Crippen LogP contribution is -2.65. The van der Waals surface area contributed by atoms with Crippen LogP contribution in [-0.2, 0) is 13.1 Å². The van der Waals surface area contributed by atoms with Crippen molar-refractivity contribution in [3.05, 3.63) is 125 Å². The minimum Gasteiger partial charge on any atom is -0.502 e. The van der Waals surface area contributed by atoms with Gasteiger partial charge in [0.2, 0.25) is 10.9 Å². The molecule has 22 heteroatoms.